The number of halogens is 1. The second kappa shape index (κ2) is 6.85. The predicted octanol–water partition coefficient (Wildman–Crippen LogP) is 3.69. The zero-order chi connectivity index (χ0) is 16.3. The van der Waals surface area contributed by atoms with E-state index in [2.05, 4.69) is 21.2 Å². The van der Waals surface area contributed by atoms with Gasteiger partial charge >= 0.3 is 0 Å². The molecule has 3 rings (SSSR count). The van der Waals surface area contributed by atoms with Crippen molar-refractivity contribution in [3.63, 3.8) is 0 Å². The van der Waals surface area contributed by atoms with Crippen LogP contribution in [0.15, 0.2) is 59.1 Å². The molecule has 1 amide bonds. The summed E-state index contributed by atoms with van der Waals surface area (Å²) in [6, 6.07) is 17.8. The Morgan fingerprint density at radius 2 is 1.78 bits per heavy atom. The molecule has 1 aliphatic carbocycles. The van der Waals surface area contributed by atoms with Crippen LogP contribution >= 0.6 is 15.9 Å². The fourth-order valence-corrected chi connectivity index (χ4v) is 3.40. The SMILES string of the molecule is NC(CNC(=O)C1(c2ccc(Br)cc2)CCC1)c1ccccc1. The van der Waals surface area contributed by atoms with E-state index >= 15 is 0 Å². The summed E-state index contributed by atoms with van der Waals surface area (Å²) in [5.74, 6) is 0.0949. The molecule has 0 aliphatic heterocycles. The number of nitrogens with one attached hydrogen (secondary N) is 1. The summed E-state index contributed by atoms with van der Waals surface area (Å²) in [7, 11) is 0. The van der Waals surface area contributed by atoms with Crippen molar-refractivity contribution in [3.8, 4) is 0 Å². The van der Waals surface area contributed by atoms with Crippen molar-refractivity contribution >= 4 is 21.8 Å². The van der Waals surface area contributed by atoms with E-state index in [1.165, 1.54) is 0 Å². The van der Waals surface area contributed by atoms with Crippen LogP contribution in [-0.4, -0.2) is 12.5 Å². The van der Waals surface area contributed by atoms with Crippen LogP contribution in [0.5, 0.6) is 0 Å². The Morgan fingerprint density at radius 1 is 1.13 bits per heavy atom. The lowest BCUT2D eigenvalue weighted by Crippen LogP contribution is -2.50. The van der Waals surface area contributed by atoms with E-state index in [-0.39, 0.29) is 17.4 Å². The Labute approximate surface area is 145 Å². The molecular weight excluding hydrogens is 352 g/mol. The monoisotopic (exact) mass is 372 g/mol. The van der Waals surface area contributed by atoms with E-state index < -0.39 is 0 Å². The minimum Gasteiger partial charge on any atom is -0.353 e. The average molecular weight is 373 g/mol. The van der Waals surface area contributed by atoms with Crippen molar-refractivity contribution in [2.75, 3.05) is 6.54 Å². The van der Waals surface area contributed by atoms with Gasteiger partial charge in [-0.15, -0.1) is 0 Å². The first-order chi connectivity index (χ1) is 11.1. The van der Waals surface area contributed by atoms with Gasteiger partial charge in [0.2, 0.25) is 5.91 Å². The van der Waals surface area contributed by atoms with Gasteiger partial charge in [-0.2, -0.15) is 0 Å². The molecule has 0 aromatic heterocycles. The number of benzene rings is 2. The highest BCUT2D eigenvalue weighted by Gasteiger charge is 2.45. The van der Waals surface area contributed by atoms with Crippen molar-refractivity contribution in [2.45, 2.75) is 30.7 Å². The number of rotatable bonds is 5. The van der Waals surface area contributed by atoms with Gasteiger partial charge in [-0.05, 0) is 36.1 Å². The van der Waals surface area contributed by atoms with Crippen LogP contribution in [0.25, 0.3) is 0 Å². The first kappa shape index (κ1) is 16.2. The Balaban J connectivity index is 1.68. The van der Waals surface area contributed by atoms with Crippen molar-refractivity contribution < 1.29 is 4.79 Å². The lowest BCUT2D eigenvalue weighted by atomic mass is 9.64. The maximum Gasteiger partial charge on any atom is 0.230 e. The Bertz CT molecular complexity index is 666. The molecular formula is C19H21BrN2O. The van der Waals surface area contributed by atoms with E-state index in [4.69, 9.17) is 5.73 Å². The smallest absolute Gasteiger partial charge is 0.230 e. The van der Waals surface area contributed by atoms with E-state index in [9.17, 15) is 4.79 Å². The molecule has 1 fully saturated rings. The Hall–Kier alpha value is -1.65. The van der Waals surface area contributed by atoms with Crippen molar-refractivity contribution in [1.29, 1.82) is 0 Å². The van der Waals surface area contributed by atoms with Crippen molar-refractivity contribution in [1.82, 2.24) is 5.32 Å². The number of carbonyl (C=O) groups is 1. The van der Waals surface area contributed by atoms with Crippen LogP contribution in [0.2, 0.25) is 0 Å². The minimum atomic E-state index is -0.378. The molecule has 1 unspecified atom stereocenters. The van der Waals surface area contributed by atoms with E-state index in [0.717, 1.165) is 34.9 Å². The molecule has 23 heavy (non-hydrogen) atoms. The molecule has 0 radical (unpaired) electrons. The second-order valence-corrected chi connectivity index (χ2v) is 7.09. The van der Waals surface area contributed by atoms with Gasteiger partial charge in [0.05, 0.1) is 5.41 Å². The van der Waals surface area contributed by atoms with E-state index in [1.807, 2.05) is 54.6 Å². The largest absolute Gasteiger partial charge is 0.353 e. The third kappa shape index (κ3) is 3.33. The summed E-state index contributed by atoms with van der Waals surface area (Å²) in [6.45, 7) is 0.459. The molecule has 1 atom stereocenters. The van der Waals surface area contributed by atoms with Crippen LogP contribution in [0.4, 0.5) is 0 Å². The molecule has 1 saturated carbocycles. The number of amides is 1. The molecule has 0 bridgehead atoms. The summed E-state index contributed by atoms with van der Waals surface area (Å²) in [4.78, 5) is 12.8. The van der Waals surface area contributed by atoms with E-state index in [0.29, 0.717) is 6.54 Å². The van der Waals surface area contributed by atoms with Crippen molar-refractivity contribution in [2.24, 2.45) is 5.73 Å². The molecule has 0 spiro atoms. The molecule has 4 heteroatoms. The van der Waals surface area contributed by atoms with E-state index in [1.54, 1.807) is 0 Å². The highest BCUT2D eigenvalue weighted by atomic mass is 79.9. The highest BCUT2D eigenvalue weighted by molar-refractivity contribution is 9.10. The molecule has 2 aromatic carbocycles. The summed E-state index contributed by atoms with van der Waals surface area (Å²) in [5.41, 5.74) is 7.94. The molecule has 0 heterocycles. The van der Waals surface area contributed by atoms with Crippen LogP contribution in [0.3, 0.4) is 0 Å². The van der Waals surface area contributed by atoms with Gasteiger partial charge in [0.1, 0.15) is 0 Å². The molecule has 3 N–H and O–H groups in total. The van der Waals surface area contributed by atoms with Gasteiger partial charge in [0, 0.05) is 17.1 Å². The third-order valence-corrected chi connectivity index (χ3v) is 5.28. The van der Waals surface area contributed by atoms with Crippen LogP contribution in [0.1, 0.15) is 36.4 Å². The lowest BCUT2D eigenvalue weighted by molar-refractivity contribution is -0.130. The molecule has 2 aromatic rings. The maximum atomic E-state index is 12.8. The van der Waals surface area contributed by atoms with Gasteiger partial charge in [-0.3, -0.25) is 4.79 Å². The summed E-state index contributed by atoms with van der Waals surface area (Å²) >= 11 is 3.45. The third-order valence-electron chi connectivity index (χ3n) is 4.75. The minimum absolute atomic E-state index is 0.0949. The van der Waals surface area contributed by atoms with Crippen LogP contribution < -0.4 is 11.1 Å². The fraction of sp³-hybridized carbons (Fsp3) is 0.316. The first-order valence-electron chi connectivity index (χ1n) is 7.97. The number of carbonyl (C=O) groups excluding carboxylic acids is 1. The number of hydrogen-bond acceptors (Lipinski definition) is 2. The Kier molecular flexibility index (Phi) is 4.83. The summed E-state index contributed by atoms with van der Waals surface area (Å²) in [6.07, 6.45) is 2.90. The average Bonchev–Trinajstić information content (AvgIpc) is 2.54. The highest BCUT2D eigenvalue weighted by Crippen LogP contribution is 2.44. The predicted molar refractivity (Wildman–Crippen MR) is 96.1 cm³/mol. The van der Waals surface area contributed by atoms with Gasteiger partial charge < -0.3 is 11.1 Å². The number of hydrogen-bond donors (Lipinski definition) is 2. The van der Waals surface area contributed by atoms with Gasteiger partial charge in [0.25, 0.3) is 0 Å². The topological polar surface area (TPSA) is 55.1 Å². The zero-order valence-corrected chi connectivity index (χ0v) is 14.6. The zero-order valence-electron chi connectivity index (χ0n) is 13.0. The molecule has 3 nitrogen and oxygen atoms in total. The van der Waals surface area contributed by atoms with Crippen molar-refractivity contribution in [3.05, 3.63) is 70.2 Å². The van der Waals surface area contributed by atoms with Crippen LogP contribution in [0, 0.1) is 0 Å². The molecule has 1 aliphatic rings. The number of nitrogens with two attached hydrogens (primary N) is 1. The van der Waals surface area contributed by atoms with Gasteiger partial charge in [-0.25, -0.2) is 0 Å². The van der Waals surface area contributed by atoms with Gasteiger partial charge in [0.15, 0.2) is 0 Å². The fourth-order valence-electron chi connectivity index (χ4n) is 3.14. The first-order valence-corrected chi connectivity index (χ1v) is 8.76. The quantitative estimate of drug-likeness (QED) is 0.840. The molecule has 0 saturated heterocycles. The normalized spacial score (nSPS) is 17.1. The molecule has 120 valence electrons. The van der Waals surface area contributed by atoms with Gasteiger partial charge in [-0.1, -0.05) is 64.8 Å². The second-order valence-electron chi connectivity index (χ2n) is 6.17. The summed E-state index contributed by atoms with van der Waals surface area (Å²) in [5, 5.41) is 3.06. The lowest BCUT2D eigenvalue weighted by Gasteiger charge is -2.41. The van der Waals surface area contributed by atoms with Crippen LogP contribution in [-0.2, 0) is 10.2 Å². The maximum absolute atomic E-state index is 12.8. The Morgan fingerprint density at radius 3 is 2.35 bits per heavy atom. The summed E-state index contributed by atoms with van der Waals surface area (Å²) < 4.78 is 1.03. The standard InChI is InChI=1S/C19H21BrN2O/c20-16-9-7-15(8-10-16)19(11-4-12-19)18(23)22-13-17(21)14-5-2-1-3-6-14/h1-3,5-10,17H,4,11-13,21H2,(H,22,23).